The van der Waals surface area contributed by atoms with Crippen molar-refractivity contribution in [3.8, 4) is 5.75 Å². The van der Waals surface area contributed by atoms with E-state index in [2.05, 4.69) is 22.3 Å². The molecule has 2 aromatic carbocycles. The molecule has 2 fully saturated rings. The van der Waals surface area contributed by atoms with Gasteiger partial charge in [-0.1, -0.05) is 30.3 Å². The third kappa shape index (κ3) is 4.54. The topological polar surface area (TPSA) is 82.2 Å². The zero-order chi connectivity index (χ0) is 22.5. The van der Waals surface area contributed by atoms with Crippen LogP contribution < -0.4 is 15.0 Å². The number of carbonyl (C=O) groups is 3. The highest BCUT2D eigenvalue weighted by Gasteiger charge is 2.37. The van der Waals surface area contributed by atoms with Crippen LogP contribution in [0.5, 0.6) is 5.75 Å². The first-order valence-electron chi connectivity index (χ1n) is 10.9. The van der Waals surface area contributed by atoms with Crippen molar-refractivity contribution in [2.75, 3.05) is 51.3 Å². The molecule has 32 heavy (non-hydrogen) atoms. The molecule has 1 atom stereocenters. The number of hydrogen-bond donors (Lipinski definition) is 1. The molecular formula is C24H28N4O4. The van der Waals surface area contributed by atoms with Crippen LogP contribution in [0.4, 0.5) is 5.69 Å². The van der Waals surface area contributed by atoms with E-state index < -0.39 is 6.04 Å². The van der Waals surface area contributed by atoms with Crippen LogP contribution in [0.2, 0.25) is 0 Å². The highest BCUT2D eigenvalue weighted by Crippen LogP contribution is 2.23. The third-order valence-electron chi connectivity index (χ3n) is 6.05. The first-order valence-corrected chi connectivity index (χ1v) is 10.9. The van der Waals surface area contributed by atoms with Crippen LogP contribution in [0.1, 0.15) is 16.8 Å². The number of nitrogens with one attached hydrogen (secondary N) is 1. The molecule has 0 spiro atoms. The minimum Gasteiger partial charge on any atom is -0.496 e. The molecule has 3 amide bonds. The third-order valence-corrected chi connectivity index (χ3v) is 6.05. The standard InChI is InChI=1S/C24H28N4O4/c1-32-21-10-6-5-9-19(21)24(31)28-12-11-25-23(30)20(28)17-22(29)27-15-13-26(14-16-27)18-7-3-2-4-8-18/h2-10,20H,11-17H2,1H3,(H,25,30). The van der Waals surface area contributed by atoms with Crippen molar-refractivity contribution in [2.24, 2.45) is 0 Å². The number of rotatable bonds is 5. The summed E-state index contributed by atoms with van der Waals surface area (Å²) in [6.07, 6.45) is -0.0297. The maximum Gasteiger partial charge on any atom is 0.258 e. The summed E-state index contributed by atoms with van der Waals surface area (Å²) in [6, 6.07) is 16.2. The largest absolute Gasteiger partial charge is 0.496 e. The molecule has 8 nitrogen and oxygen atoms in total. The van der Waals surface area contributed by atoms with E-state index >= 15 is 0 Å². The maximum absolute atomic E-state index is 13.2. The number of anilines is 1. The molecule has 2 saturated heterocycles. The molecule has 0 aliphatic carbocycles. The summed E-state index contributed by atoms with van der Waals surface area (Å²) in [5, 5.41) is 2.79. The Morgan fingerprint density at radius 3 is 2.38 bits per heavy atom. The summed E-state index contributed by atoms with van der Waals surface area (Å²) >= 11 is 0. The lowest BCUT2D eigenvalue weighted by Gasteiger charge is -2.39. The van der Waals surface area contributed by atoms with E-state index in [0.717, 1.165) is 18.8 Å². The van der Waals surface area contributed by atoms with E-state index in [-0.39, 0.29) is 24.1 Å². The maximum atomic E-state index is 13.2. The minimum absolute atomic E-state index is 0.0297. The van der Waals surface area contributed by atoms with Crippen molar-refractivity contribution in [3.05, 3.63) is 60.2 Å². The number of ether oxygens (including phenoxy) is 1. The Bertz CT molecular complexity index is 973. The molecule has 4 rings (SSSR count). The lowest BCUT2D eigenvalue weighted by atomic mass is 10.0. The fourth-order valence-corrected chi connectivity index (χ4v) is 4.28. The lowest BCUT2D eigenvalue weighted by molar-refractivity contribution is -0.138. The number of hydrogen-bond acceptors (Lipinski definition) is 5. The van der Waals surface area contributed by atoms with Crippen LogP contribution >= 0.6 is 0 Å². The van der Waals surface area contributed by atoms with Gasteiger partial charge in [0.1, 0.15) is 11.8 Å². The van der Waals surface area contributed by atoms with Crippen molar-refractivity contribution in [1.29, 1.82) is 0 Å². The van der Waals surface area contributed by atoms with Gasteiger partial charge in [0.2, 0.25) is 11.8 Å². The van der Waals surface area contributed by atoms with Crippen molar-refractivity contribution in [1.82, 2.24) is 15.1 Å². The van der Waals surface area contributed by atoms with Crippen LogP contribution in [0.15, 0.2) is 54.6 Å². The molecule has 0 aromatic heterocycles. The van der Waals surface area contributed by atoms with Gasteiger partial charge in [0.05, 0.1) is 19.1 Å². The number of benzene rings is 2. The average molecular weight is 437 g/mol. The van der Waals surface area contributed by atoms with Crippen LogP contribution in [0.3, 0.4) is 0 Å². The van der Waals surface area contributed by atoms with E-state index in [9.17, 15) is 14.4 Å². The van der Waals surface area contributed by atoms with Gasteiger partial charge in [0.25, 0.3) is 5.91 Å². The molecule has 8 heteroatoms. The monoisotopic (exact) mass is 436 g/mol. The molecule has 1 N–H and O–H groups in total. The minimum atomic E-state index is -0.833. The van der Waals surface area contributed by atoms with E-state index in [4.69, 9.17) is 4.74 Å². The Labute approximate surface area is 187 Å². The Morgan fingerprint density at radius 1 is 0.969 bits per heavy atom. The fraction of sp³-hybridized carbons (Fsp3) is 0.375. The smallest absolute Gasteiger partial charge is 0.258 e. The Balaban J connectivity index is 1.42. The SMILES string of the molecule is COc1ccccc1C(=O)N1CCNC(=O)C1CC(=O)N1CCN(c2ccccc2)CC1. The summed E-state index contributed by atoms with van der Waals surface area (Å²) in [5.74, 6) is -0.261. The first kappa shape index (κ1) is 21.7. The number of piperazine rings is 2. The second-order valence-corrected chi connectivity index (χ2v) is 7.91. The second-order valence-electron chi connectivity index (χ2n) is 7.91. The molecular weight excluding hydrogens is 408 g/mol. The van der Waals surface area contributed by atoms with Gasteiger partial charge in [-0.2, -0.15) is 0 Å². The number of nitrogens with zero attached hydrogens (tertiary/aromatic N) is 3. The van der Waals surface area contributed by atoms with Crippen LogP contribution in [-0.4, -0.2) is 79.9 Å². The van der Waals surface area contributed by atoms with Gasteiger partial charge in [0, 0.05) is 45.0 Å². The predicted molar refractivity (Wildman–Crippen MR) is 121 cm³/mol. The molecule has 0 radical (unpaired) electrons. The number of amides is 3. The predicted octanol–water partition coefficient (Wildman–Crippen LogP) is 1.37. The van der Waals surface area contributed by atoms with Gasteiger partial charge < -0.3 is 24.8 Å². The zero-order valence-corrected chi connectivity index (χ0v) is 18.2. The number of carbonyl (C=O) groups excluding carboxylic acids is 3. The quantitative estimate of drug-likeness (QED) is 0.766. The molecule has 2 aliphatic rings. The molecule has 2 aliphatic heterocycles. The summed E-state index contributed by atoms with van der Waals surface area (Å²) in [4.78, 5) is 44.4. The molecule has 0 saturated carbocycles. The van der Waals surface area contributed by atoms with Crippen LogP contribution in [0.25, 0.3) is 0 Å². The lowest BCUT2D eigenvalue weighted by Crippen LogP contribution is -2.59. The molecule has 168 valence electrons. The van der Waals surface area contributed by atoms with Gasteiger partial charge >= 0.3 is 0 Å². The van der Waals surface area contributed by atoms with Gasteiger partial charge in [0.15, 0.2) is 0 Å². The summed E-state index contributed by atoms with van der Waals surface area (Å²) in [6.45, 7) is 3.35. The van der Waals surface area contributed by atoms with E-state index in [1.165, 1.54) is 12.0 Å². The second kappa shape index (κ2) is 9.72. The number of para-hydroxylation sites is 2. The molecule has 2 heterocycles. The van der Waals surface area contributed by atoms with Crippen molar-refractivity contribution >= 4 is 23.4 Å². The highest BCUT2D eigenvalue weighted by atomic mass is 16.5. The molecule has 1 unspecified atom stereocenters. The van der Waals surface area contributed by atoms with E-state index in [0.29, 0.717) is 37.5 Å². The van der Waals surface area contributed by atoms with Gasteiger partial charge in [-0.3, -0.25) is 14.4 Å². The Hall–Kier alpha value is -3.55. The van der Waals surface area contributed by atoms with Crippen LogP contribution in [-0.2, 0) is 9.59 Å². The van der Waals surface area contributed by atoms with Crippen molar-refractivity contribution in [3.63, 3.8) is 0 Å². The Morgan fingerprint density at radius 2 is 1.66 bits per heavy atom. The van der Waals surface area contributed by atoms with Crippen molar-refractivity contribution in [2.45, 2.75) is 12.5 Å². The molecule has 2 aromatic rings. The zero-order valence-electron chi connectivity index (χ0n) is 18.2. The summed E-state index contributed by atoms with van der Waals surface area (Å²) < 4.78 is 5.31. The van der Waals surface area contributed by atoms with E-state index in [1.807, 2.05) is 18.2 Å². The first-order chi connectivity index (χ1) is 15.6. The van der Waals surface area contributed by atoms with Crippen molar-refractivity contribution < 1.29 is 19.1 Å². The van der Waals surface area contributed by atoms with Crippen LogP contribution in [0, 0.1) is 0 Å². The Kier molecular flexibility index (Phi) is 6.58. The summed E-state index contributed by atoms with van der Waals surface area (Å²) in [7, 11) is 1.51. The van der Waals surface area contributed by atoms with E-state index in [1.54, 1.807) is 29.2 Å². The average Bonchev–Trinajstić information content (AvgIpc) is 2.85. The summed E-state index contributed by atoms with van der Waals surface area (Å²) in [5.41, 5.74) is 1.53. The number of methoxy groups -OCH3 is 1. The highest BCUT2D eigenvalue weighted by molar-refractivity contribution is 6.01. The van der Waals surface area contributed by atoms with Gasteiger partial charge in [-0.15, -0.1) is 0 Å². The fourth-order valence-electron chi connectivity index (χ4n) is 4.28. The van der Waals surface area contributed by atoms with Gasteiger partial charge in [-0.25, -0.2) is 0 Å². The van der Waals surface area contributed by atoms with Gasteiger partial charge in [-0.05, 0) is 24.3 Å². The normalized spacial score (nSPS) is 18.8. The molecule has 0 bridgehead atoms.